The largest absolute Gasteiger partial charge is 0.131 e. The van der Waals surface area contributed by atoms with E-state index in [1.165, 1.54) is 0 Å². The molecule has 9 heavy (non-hydrogen) atoms. The van der Waals surface area contributed by atoms with Crippen molar-refractivity contribution in [3.05, 3.63) is 12.7 Å². The molecule has 0 N–H and O–H groups in total. The Bertz CT molecular complexity index is 132. The molecule has 0 radical (unpaired) electrons. The molecule has 0 fully saturated rings. The Labute approximate surface area is 71.4 Å². The second-order valence-corrected chi connectivity index (χ2v) is 12.9. The fourth-order valence-electron chi connectivity index (χ4n) is 0.260. The lowest BCUT2D eigenvalue weighted by Crippen LogP contribution is -1.71. The third kappa shape index (κ3) is 5.53. The summed E-state index contributed by atoms with van der Waals surface area (Å²) >= 11 is 11.3. The van der Waals surface area contributed by atoms with Crippen LogP contribution < -0.4 is 0 Å². The van der Waals surface area contributed by atoms with E-state index >= 15 is 0 Å². The monoisotopic (exact) mass is 198 g/mol. The molecule has 1 atom stereocenters. The summed E-state index contributed by atoms with van der Waals surface area (Å²) in [6.07, 6.45) is 2.89. The minimum atomic E-state index is -1.32. The van der Waals surface area contributed by atoms with E-state index in [2.05, 4.69) is 25.8 Å². The van der Waals surface area contributed by atoms with E-state index in [1.54, 1.807) is 11.4 Å². The minimum Gasteiger partial charge on any atom is -0.131 e. The molecule has 0 aliphatic heterocycles. The average molecular weight is 198 g/mol. The quantitative estimate of drug-likeness (QED) is 0.418. The summed E-state index contributed by atoms with van der Waals surface area (Å²) in [7, 11) is 0. The van der Waals surface area contributed by atoms with Crippen molar-refractivity contribution in [2.75, 3.05) is 11.9 Å². The van der Waals surface area contributed by atoms with Crippen LogP contribution in [0.5, 0.6) is 0 Å². The van der Waals surface area contributed by atoms with Gasteiger partial charge in [-0.2, -0.15) is 0 Å². The van der Waals surface area contributed by atoms with Crippen molar-refractivity contribution in [1.82, 2.24) is 0 Å². The van der Waals surface area contributed by atoms with Crippen LogP contribution in [0, 0.1) is 0 Å². The highest BCUT2D eigenvalue weighted by Crippen LogP contribution is 2.62. The first-order valence-electron chi connectivity index (χ1n) is 2.69. The normalized spacial score (nSPS) is 16.7. The molecule has 0 aliphatic carbocycles. The highest BCUT2D eigenvalue weighted by Gasteiger charge is 2.05. The molecule has 0 saturated carbocycles. The number of rotatable bonds is 4. The van der Waals surface area contributed by atoms with Crippen LogP contribution in [0.4, 0.5) is 0 Å². The zero-order valence-corrected chi connectivity index (χ0v) is 8.83. The zero-order chi connectivity index (χ0) is 7.33. The van der Waals surface area contributed by atoms with E-state index in [9.17, 15) is 0 Å². The summed E-state index contributed by atoms with van der Waals surface area (Å²) < 4.78 is -1.32. The summed E-state index contributed by atoms with van der Waals surface area (Å²) in [5.74, 6) is 0.939. The molecule has 0 spiro atoms. The highest BCUT2D eigenvalue weighted by molar-refractivity contribution is 8.96. The SMILES string of the molecule is C=CCSP(=S)(S)CC. The van der Waals surface area contributed by atoms with Crippen molar-refractivity contribution >= 4 is 39.9 Å². The molecule has 1 unspecified atom stereocenters. The lowest BCUT2D eigenvalue weighted by atomic mass is 10.8. The van der Waals surface area contributed by atoms with Crippen LogP contribution in [0.15, 0.2) is 12.7 Å². The Morgan fingerprint density at radius 1 is 1.89 bits per heavy atom. The van der Waals surface area contributed by atoms with Gasteiger partial charge in [-0.1, -0.05) is 24.8 Å². The highest BCUT2D eigenvalue weighted by atomic mass is 33.2. The molecule has 0 bridgehead atoms. The van der Waals surface area contributed by atoms with E-state index in [0.29, 0.717) is 0 Å². The molecular formula is C5H11PS3. The van der Waals surface area contributed by atoms with Gasteiger partial charge < -0.3 is 0 Å². The molecule has 0 rings (SSSR count). The first-order chi connectivity index (χ1) is 4.12. The molecule has 0 saturated heterocycles. The molecule has 54 valence electrons. The predicted octanol–water partition coefficient (Wildman–Crippen LogP) is 3.16. The second-order valence-electron chi connectivity index (χ2n) is 1.54. The number of hydrogen-bond acceptors (Lipinski definition) is 2. The Hall–Kier alpha value is 1.09. The summed E-state index contributed by atoms with van der Waals surface area (Å²) in [4.78, 5) is 0. The lowest BCUT2D eigenvalue weighted by Gasteiger charge is -2.09. The van der Waals surface area contributed by atoms with E-state index in [0.717, 1.165) is 11.9 Å². The minimum absolute atomic E-state index is 0.939. The van der Waals surface area contributed by atoms with Crippen molar-refractivity contribution in [3.63, 3.8) is 0 Å². The Kier molecular flexibility index (Phi) is 5.42. The summed E-state index contributed by atoms with van der Waals surface area (Å²) in [5, 5.41) is 0. The van der Waals surface area contributed by atoms with Crippen LogP contribution >= 0.6 is 28.1 Å². The first kappa shape index (κ1) is 10.1. The Morgan fingerprint density at radius 2 is 2.44 bits per heavy atom. The molecule has 0 aromatic carbocycles. The van der Waals surface area contributed by atoms with Gasteiger partial charge in [0.25, 0.3) is 0 Å². The van der Waals surface area contributed by atoms with Gasteiger partial charge in [-0.05, 0) is 6.16 Å². The topological polar surface area (TPSA) is 0 Å². The van der Waals surface area contributed by atoms with E-state index in [4.69, 9.17) is 11.8 Å². The lowest BCUT2D eigenvalue weighted by molar-refractivity contribution is 1.53. The predicted molar refractivity (Wildman–Crippen MR) is 56.5 cm³/mol. The van der Waals surface area contributed by atoms with E-state index < -0.39 is 4.44 Å². The molecule has 0 heterocycles. The molecule has 0 nitrogen and oxygen atoms in total. The molecule has 0 amide bonds. The fourth-order valence-corrected chi connectivity index (χ4v) is 3.49. The zero-order valence-electron chi connectivity index (χ0n) is 5.41. The maximum Gasteiger partial charge on any atom is 0.0543 e. The van der Waals surface area contributed by atoms with Gasteiger partial charge in [0.1, 0.15) is 0 Å². The van der Waals surface area contributed by atoms with Crippen LogP contribution in [0.3, 0.4) is 0 Å². The number of thiol groups is 1. The van der Waals surface area contributed by atoms with E-state index in [-0.39, 0.29) is 0 Å². The summed E-state index contributed by atoms with van der Waals surface area (Å²) in [6, 6.07) is 0. The van der Waals surface area contributed by atoms with Gasteiger partial charge in [0, 0.05) is 5.75 Å². The van der Waals surface area contributed by atoms with Crippen LogP contribution in [0.2, 0.25) is 0 Å². The third-order valence-corrected chi connectivity index (χ3v) is 8.42. The standard InChI is InChI=1S/C5H11PS3/c1-3-5-9-6(7,8)4-2/h3H,1,4-5H2,2H3,(H,7,8). The van der Waals surface area contributed by atoms with Crippen molar-refractivity contribution in [2.24, 2.45) is 0 Å². The van der Waals surface area contributed by atoms with Crippen LogP contribution in [0.25, 0.3) is 0 Å². The number of hydrogen-bond donors (Lipinski definition) is 1. The van der Waals surface area contributed by atoms with Crippen molar-refractivity contribution in [2.45, 2.75) is 6.92 Å². The Balaban J connectivity index is 3.58. The Morgan fingerprint density at radius 3 is 2.78 bits per heavy atom. The van der Waals surface area contributed by atoms with Crippen molar-refractivity contribution < 1.29 is 0 Å². The maximum absolute atomic E-state index is 5.20. The fraction of sp³-hybridized carbons (Fsp3) is 0.600. The molecule has 0 aromatic heterocycles. The molecule has 0 aliphatic rings. The van der Waals surface area contributed by atoms with E-state index in [1.807, 2.05) is 6.08 Å². The van der Waals surface area contributed by atoms with Gasteiger partial charge in [0.05, 0.1) is 4.44 Å². The summed E-state index contributed by atoms with van der Waals surface area (Å²) in [5.41, 5.74) is 0. The maximum atomic E-state index is 5.20. The van der Waals surface area contributed by atoms with Gasteiger partial charge >= 0.3 is 0 Å². The van der Waals surface area contributed by atoms with Crippen LogP contribution in [0.1, 0.15) is 6.92 Å². The second kappa shape index (κ2) is 4.84. The summed E-state index contributed by atoms with van der Waals surface area (Å²) in [6.45, 7) is 5.70. The van der Waals surface area contributed by atoms with Gasteiger partial charge in [0.15, 0.2) is 0 Å². The van der Waals surface area contributed by atoms with Crippen molar-refractivity contribution in [1.29, 1.82) is 0 Å². The van der Waals surface area contributed by atoms with Gasteiger partial charge in [-0.25, -0.2) is 0 Å². The van der Waals surface area contributed by atoms with Crippen LogP contribution in [-0.4, -0.2) is 11.9 Å². The smallest absolute Gasteiger partial charge is 0.0543 e. The average Bonchev–Trinajstić information content (AvgIpc) is 1.84. The van der Waals surface area contributed by atoms with Crippen LogP contribution in [-0.2, 0) is 11.8 Å². The van der Waals surface area contributed by atoms with Crippen molar-refractivity contribution in [3.8, 4) is 0 Å². The molecule has 4 heteroatoms. The molecular weight excluding hydrogens is 187 g/mol. The first-order valence-corrected chi connectivity index (χ1v) is 8.42. The molecule has 0 aromatic rings. The van der Waals surface area contributed by atoms with Gasteiger partial charge in [-0.15, -0.1) is 30.2 Å². The van der Waals surface area contributed by atoms with Gasteiger partial charge in [-0.3, -0.25) is 0 Å². The third-order valence-electron chi connectivity index (χ3n) is 0.794. The van der Waals surface area contributed by atoms with Gasteiger partial charge in [0.2, 0.25) is 0 Å².